The minimum absolute atomic E-state index is 0.0468. The van der Waals surface area contributed by atoms with E-state index in [0.29, 0.717) is 18.8 Å². The van der Waals surface area contributed by atoms with Gasteiger partial charge >= 0.3 is 5.97 Å². The third-order valence-corrected chi connectivity index (χ3v) is 4.46. The number of rotatable bonds is 10. The maximum Gasteiger partial charge on any atom is 0.333 e. The van der Waals surface area contributed by atoms with E-state index in [4.69, 9.17) is 14.6 Å². The monoisotopic (exact) mass is 385 g/mol. The van der Waals surface area contributed by atoms with Gasteiger partial charge in [0.1, 0.15) is 5.75 Å². The number of carboxylic acids is 1. The summed E-state index contributed by atoms with van der Waals surface area (Å²) in [7, 11) is 1.37. The lowest BCUT2D eigenvalue weighted by Crippen LogP contribution is -2.34. The second-order valence-electron chi connectivity index (χ2n) is 6.60. The quantitative estimate of drug-likeness (QED) is 0.680. The highest BCUT2D eigenvalue weighted by Crippen LogP contribution is 2.15. The van der Waals surface area contributed by atoms with E-state index in [9.17, 15) is 9.59 Å². The van der Waals surface area contributed by atoms with Gasteiger partial charge in [-0.2, -0.15) is 0 Å². The largest absolute Gasteiger partial charge is 0.484 e. The Morgan fingerprint density at radius 3 is 2.39 bits per heavy atom. The molecule has 0 heterocycles. The Morgan fingerprint density at radius 1 is 1.11 bits per heavy atom. The zero-order valence-electron chi connectivity index (χ0n) is 16.6. The number of carboxylic acid groups (broad SMARTS) is 1. The van der Waals surface area contributed by atoms with E-state index in [1.165, 1.54) is 7.11 Å². The van der Waals surface area contributed by atoms with Crippen LogP contribution in [0.5, 0.6) is 5.75 Å². The predicted molar refractivity (Wildman–Crippen MR) is 106 cm³/mol. The summed E-state index contributed by atoms with van der Waals surface area (Å²) in [4.78, 5) is 25.3. The summed E-state index contributed by atoms with van der Waals surface area (Å²) in [5.41, 5.74) is 3.07. The van der Waals surface area contributed by atoms with Crippen LogP contribution in [0.1, 0.15) is 23.6 Å². The summed E-state index contributed by atoms with van der Waals surface area (Å²) in [6.07, 6.45) is -0.612. The maximum absolute atomic E-state index is 12.5. The van der Waals surface area contributed by atoms with Gasteiger partial charge in [-0.25, -0.2) is 4.79 Å². The van der Waals surface area contributed by atoms with Crippen LogP contribution < -0.4 is 4.74 Å². The second kappa shape index (κ2) is 10.5. The number of nitrogens with zero attached hydrogens (tertiary/aromatic N) is 1. The maximum atomic E-state index is 12.5. The molecule has 1 N–H and O–H groups in total. The molecule has 0 saturated heterocycles. The molecule has 0 unspecified atom stereocenters. The van der Waals surface area contributed by atoms with Crippen LogP contribution in [0.3, 0.4) is 0 Å². The number of likely N-dealkylation sites (N-methyl/N-ethyl adjacent to an activating group) is 1. The zero-order valence-corrected chi connectivity index (χ0v) is 16.6. The lowest BCUT2D eigenvalue weighted by atomic mass is 10.1. The number of ether oxygens (including phenoxy) is 2. The number of hydrogen-bond donors (Lipinski definition) is 1. The molecule has 0 spiro atoms. The molecule has 0 saturated carbocycles. The highest BCUT2D eigenvalue weighted by Gasteiger charge is 2.17. The van der Waals surface area contributed by atoms with Gasteiger partial charge in [0.15, 0.2) is 12.7 Å². The van der Waals surface area contributed by atoms with Gasteiger partial charge in [0.2, 0.25) is 0 Å². The summed E-state index contributed by atoms with van der Waals surface area (Å²) >= 11 is 0. The molecule has 0 bridgehead atoms. The van der Waals surface area contributed by atoms with Gasteiger partial charge in [0, 0.05) is 26.6 Å². The minimum atomic E-state index is -0.998. The molecule has 150 valence electrons. The Morgan fingerprint density at radius 2 is 1.82 bits per heavy atom. The van der Waals surface area contributed by atoms with Crippen molar-refractivity contribution in [2.24, 2.45) is 0 Å². The zero-order chi connectivity index (χ0) is 20.5. The number of benzene rings is 2. The van der Waals surface area contributed by atoms with Crippen molar-refractivity contribution in [2.45, 2.75) is 32.9 Å². The van der Waals surface area contributed by atoms with Crippen LogP contribution in [-0.4, -0.2) is 48.2 Å². The van der Waals surface area contributed by atoms with Crippen LogP contribution >= 0.6 is 0 Å². The standard InChI is InChI=1S/C22H27NO5/c1-4-23(14-18-7-5-6-16(2)12-18)21(24)15-28-19-10-8-17(9-11-19)13-20(27-3)22(25)26/h5-12,20H,4,13-15H2,1-3H3,(H,25,26)/t20-/m0/s1. The Labute approximate surface area is 165 Å². The van der Waals surface area contributed by atoms with Crippen molar-refractivity contribution < 1.29 is 24.2 Å². The number of hydrogen-bond acceptors (Lipinski definition) is 4. The van der Waals surface area contributed by atoms with E-state index in [2.05, 4.69) is 6.07 Å². The average Bonchev–Trinajstić information content (AvgIpc) is 2.69. The van der Waals surface area contributed by atoms with Gasteiger partial charge in [-0.3, -0.25) is 4.79 Å². The Kier molecular flexibility index (Phi) is 8.02. The molecule has 1 amide bonds. The summed E-state index contributed by atoms with van der Waals surface area (Å²) < 4.78 is 10.5. The molecule has 6 heteroatoms. The van der Waals surface area contributed by atoms with Gasteiger partial charge in [0.25, 0.3) is 5.91 Å². The number of aryl methyl sites for hydroxylation is 1. The molecule has 6 nitrogen and oxygen atoms in total. The second-order valence-corrected chi connectivity index (χ2v) is 6.60. The lowest BCUT2D eigenvalue weighted by molar-refractivity contribution is -0.148. The average molecular weight is 385 g/mol. The van der Waals surface area contributed by atoms with Crippen molar-refractivity contribution in [1.82, 2.24) is 4.90 Å². The number of carbonyl (C=O) groups is 2. The number of aliphatic carboxylic acids is 1. The SMILES string of the molecule is CCN(Cc1cccc(C)c1)C(=O)COc1ccc(C[C@H](OC)C(=O)O)cc1. The first-order valence-electron chi connectivity index (χ1n) is 9.23. The van der Waals surface area contributed by atoms with Crippen LogP contribution in [0.25, 0.3) is 0 Å². The molecule has 0 aliphatic rings. The minimum Gasteiger partial charge on any atom is -0.484 e. The van der Waals surface area contributed by atoms with Crippen LogP contribution in [0.2, 0.25) is 0 Å². The topological polar surface area (TPSA) is 76.1 Å². The fraction of sp³-hybridized carbons (Fsp3) is 0.364. The first-order valence-corrected chi connectivity index (χ1v) is 9.23. The van der Waals surface area contributed by atoms with E-state index in [-0.39, 0.29) is 18.9 Å². The van der Waals surface area contributed by atoms with Crippen LogP contribution in [0, 0.1) is 6.92 Å². The van der Waals surface area contributed by atoms with Crippen LogP contribution in [0.15, 0.2) is 48.5 Å². The van der Waals surface area contributed by atoms with Crippen molar-refractivity contribution in [3.8, 4) is 5.75 Å². The molecule has 2 aromatic rings. The van der Waals surface area contributed by atoms with Gasteiger partial charge in [-0.05, 0) is 37.1 Å². The highest BCUT2D eigenvalue weighted by molar-refractivity contribution is 5.77. The molecule has 0 aliphatic carbocycles. The molecule has 2 aromatic carbocycles. The predicted octanol–water partition coefficient (Wildman–Crippen LogP) is 3.06. The van der Waals surface area contributed by atoms with Crippen molar-refractivity contribution in [2.75, 3.05) is 20.3 Å². The summed E-state index contributed by atoms with van der Waals surface area (Å²) in [6, 6.07) is 15.1. The fourth-order valence-corrected chi connectivity index (χ4v) is 2.85. The van der Waals surface area contributed by atoms with Crippen molar-refractivity contribution in [1.29, 1.82) is 0 Å². The van der Waals surface area contributed by atoms with Crippen molar-refractivity contribution >= 4 is 11.9 Å². The molecule has 0 aromatic heterocycles. The summed E-state index contributed by atoms with van der Waals surface area (Å²) in [6.45, 7) is 5.07. The van der Waals surface area contributed by atoms with E-state index < -0.39 is 12.1 Å². The molecule has 0 radical (unpaired) electrons. The molecule has 28 heavy (non-hydrogen) atoms. The first kappa shape index (κ1) is 21.4. The molecule has 2 rings (SSSR count). The lowest BCUT2D eigenvalue weighted by Gasteiger charge is -2.21. The number of carbonyl (C=O) groups excluding carboxylic acids is 1. The smallest absolute Gasteiger partial charge is 0.333 e. The van der Waals surface area contributed by atoms with E-state index in [1.807, 2.05) is 32.0 Å². The molecule has 0 aliphatic heterocycles. The number of amides is 1. The van der Waals surface area contributed by atoms with Gasteiger partial charge in [-0.15, -0.1) is 0 Å². The normalized spacial score (nSPS) is 11.7. The van der Waals surface area contributed by atoms with E-state index >= 15 is 0 Å². The third-order valence-electron chi connectivity index (χ3n) is 4.46. The van der Waals surface area contributed by atoms with Crippen molar-refractivity contribution in [3.05, 3.63) is 65.2 Å². The number of methoxy groups -OCH3 is 1. The van der Waals surface area contributed by atoms with Gasteiger partial charge < -0.3 is 19.5 Å². The van der Waals surface area contributed by atoms with E-state index in [0.717, 1.165) is 16.7 Å². The van der Waals surface area contributed by atoms with Gasteiger partial charge in [0.05, 0.1) is 0 Å². The summed E-state index contributed by atoms with van der Waals surface area (Å²) in [5, 5.41) is 9.04. The highest BCUT2D eigenvalue weighted by atomic mass is 16.5. The molecule has 1 atom stereocenters. The van der Waals surface area contributed by atoms with Crippen molar-refractivity contribution in [3.63, 3.8) is 0 Å². The fourth-order valence-electron chi connectivity index (χ4n) is 2.85. The Bertz CT molecular complexity index is 788. The molecule has 0 fully saturated rings. The Hall–Kier alpha value is -2.86. The first-order chi connectivity index (χ1) is 13.4. The van der Waals surface area contributed by atoms with Gasteiger partial charge in [-0.1, -0.05) is 42.0 Å². The Balaban J connectivity index is 1.89. The molecular formula is C22H27NO5. The van der Waals surface area contributed by atoms with Crippen LogP contribution in [0.4, 0.5) is 0 Å². The van der Waals surface area contributed by atoms with Crippen LogP contribution in [-0.2, 0) is 27.3 Å². The third kappa shape index (κ3) is 6.39. The van der Waals surface area contributed by atoms with E-state index in [1.54, 1.807) is 29.2 Å². The molecular weight excluding hydrogens is 358 g/mol. The summed E-state index contributed by atoms with van der Waals surface area (Å²) in [5.74, 6) is -0.520.